The quantitative estimate of drug-likeness (QED) is 0.809. The summed E-state index contributed by atoms with van der Waals surface area (Å²) in [4.78, 5) is 1.37. The van der Waals surface area contributed by atoms with Gasteiger partial charge in [0.2, 0.25) is 0 Å². The predicted octanol–water partition coefficient (Wildman–Crippen LogP) is 3.57. The molecular formula is C12H19NS. The van der Waals surface area contributed by atoms with E-state index >= 15 is 0 Å². The van der Waals surface area contributed by atoms with Crippen LogP contribution in [0.2, 0.25) is 0 Å². The summed E-state index contributed by atoms with van der Waals surface area (Å²) in [6.45, 7) is 2.30. The molecule has 1 heterocycles. The van der Waals surface area contributed by atoms with Gasteiger partial charge in [0.05, 0.1) is 0 Å². The van der Waals surface area contributed by atoms with E-state index in [-0.39, 0.29) is 0 Å². The van der Waals surface area contributed by atoms with Crippen molar-refractivity contribution in [1.82, 2.24) is 0 Å². The third-order valence-electron chi connectivity index (χ3n) is 3.54. The third kappa shape index (κ3) is 2.01. The van der Waals surface area contributed by atoms with Crippen molar-refractivity contribution in [2.75, 3.05) is 0 Å². The average molecular weight is 209 g/mol. The van der Waals surface area contributed by atoms with Gasteiger partial charge in [-0.15, -0.1) is 11.3 Å². The van der Waals surface area contributed by atoms with Crippen molar-refractivity contribution in [2.45, 2.75) is 38.6 Å². The first-order valence-corrected chi connectivity index (χ1v) is 6.48. The lowest BCUT2D eigenvalue weighted by atomic mass is 9.95. The molecule has 1 nitrogen and oxygen atoms in total. The molecule has 1 fully saturated rings. The summed E-state index contributed by atoms with van der Waals surface area (Å²) >= 11 is 1.80. The van der Waals surface area contributed by atoms with Crippen molar-refractivity contribution >= 4 is 11.3 Å². The molecule has 0 aromatic carbocycles. The molecule has 1 aliphatic carbocycles. The molecule has 3 unspecified atom stereocenters. The second-order valence-corrected chi connectivity index (χ2v) is 5.37. The molecule has 2 rings (SSSR count). The van der Waals surface area contributed by atoms with Gasteiger partial charge < -0.3 is 5.73 Å². The second kappa shape index (κ2) is 4.45. The van der Waals surface area contributed by atoms with Gasteiger partial charge in [-0.1, -0.05) is 25.8 Å². The standard InChI is InChI=1S/C12H19NS/c1-2-9-5-6-10(8-9)12(13)11-4-3-7-14-11/h3-4,7,9-10,12H,2,5-6,8,13H2,1H3. The van der Waals surface area contributed by atoms with E-state index in [4.69, 9.17) is 5.73 Å². The Kier molecular flexibility index (Phi) is 3.24. The summed E-state index contributed by atoms with van der Waals surface area (Å²) in [7, 11) is 0. The maximum atomic E-state index is 6.27. The summed E-state index contributed by atoms with van der Waals surface area (Å²) < 4.78 is 0. The van der Waals surface area contributed by atoms with Gasteiger partial charge in [0, 0.05) is 10.9 Å². The summed E-state index contributed by atoms with van der Waals surface area (Å²) in [5.74, 6) is 1.67. The van der Waals surface area contributed by atoms with E-state index in [9.17, 15) is 0 Å². The van der Waals surface area contributed by atoms with Crippen LogP contribution in [0.15, 0.2) is 17.5 Å². The zero-order chi connectivity index (χ0) is 9.97. The average Bonchev–Trinajstić information content (AvgIpc) is 2.88. The maximum absolute atomic E-state index is 6.27. The first-order chi connectivity index (χ1) is 6.81. The zero-order valence-corrected chi connectivity index (χ0v) is 9.59. The lowest BCUT2D eigenvalue weighted by Gasteiger charge is -2.17. The highest BCUT2D eigenvalue weighted by Gasteiger charge is 2.28. The van der Waals surface area contributed by atoms with Gasteiger partial charge in [-0.25, -0.2) is 0 Å². The van der Waals surface area contributed by atoms with Crippen molar-refractivity contribution < 1.29 is 0 Å². The Morgan fingerprint density at radius 1 is 1.57 bits per heavy atom. The second-order valence-electron chi connectivity index (χ2n) is 4.39. The summed E-state index contributed by atoms with van der Waals surface area (Å²) in [5, 5.41) is 2.13. The van der Waals surface area contributed by atoms with Gasteiger partial charge in [0.15, 0.2) is 0 Å². The van der Waals surface area contributed by atoms with Crippen LogP contribution in [0.5, 0.6) is 0 Å². The monoisotopic (exact) mass is 209 g/mol. The highest BCUT2D eigenvalue weighted by atomic mass is 32.1. The molecule has 1 aromatic rings. The first-order valence-electron chi connectivity index (χ1n) is 5.60. The van der Waals surface area contributed by atoms with Crippen molar-refractivity contribution in [2.24, 2.45) is 17.6 Å². The Morgan fingerprint density at radius 3 is 3.00 bits per heavy atom. The van der Waals surface area contributed by atoms with Crippen molar-refractivity contribution in [3.8, 4) is 0 Å². The topological polar surface area (TPSA) is 26.0 Å². The molecule has 0 amide bonds. The van der Waals surface area contributed by atoms with Gasteiger partial charge in [0.25, 0.3) is 0 Å². The van der Waals surface area contributed by atoms with Gasteiger partial charge in [-0.2, -0.15) is 0 Å². The van der Waals surface area contributed by atoms with Gasteiger partial charge in [0.1, 0.15) is 0 Å². The molecule has 1 aliphatic rings. The normalized spacial score (nSPS) is 29.3. The molecule has 3 atom stereocenters. The molecule has 0 bridgehead atoms. The Morgan fingerprint density at radius 2 is 2.43 bits per heavy atom. The van der Waals surface area contributed by atoms with Crippen LogP contribution in [0.25, 0.3) is 0 Å². The number of hydrogen-bond donors (Lipinski definition) is 1. The molecule has 2 N–H and O–H groups in total. The first kappa shape index (κ1) is 10.2. The van der Waals surface area contributed by atoms with Crippen LogP contribution in [0, 0.1) is 11.8 Å². The van der Waals surface area contributed by atoms with Crippen LogP contribution in [0.1, 0.15) is 43.5 Å². The molecule has 0 radical (unpaired) electrons. The Hall–Kier alpha value is -0.340. The van der Waals surface area contributed by atoms with Crippen LogP contribution < -0.4 is 5.73 Å². The molecule has 0 aliphatic heterocycles. The summed E-state index contributed by atoms with van der Waals surface area (Å²) in [6, 6.07) is 4.58. The summed E-state index contributed by atoms with van der Waals surface area (Å²) in [6.07, 6.45) is 5.39. The van der Waals surface area contributed by atoms with Gasteiger partial charge in [-0.3, -0.25) is 0 Å². The molecule has 14 heavy (non-hydrogen) atoms. The van der Waals surface area contributed by atoms with Crippen molar-refractivity contribution in [3.05, 3.63) is 22.4 Å². The highest BCUT2D eigenvalue weighted by Crippen LogP contribution is 2.40. The van der Waals surface area contributed by atoms with E-state index in [1.54, 1.807) is 11.3 Å². The number of rotatable bonds is 3. The van der Waals surface area contributed by atoms with Crippen LogP contribution in [0.3, 0.4) is 0 Å². The molecular weight excluding hydrogens is 190 g/mol. The van der Waals surface area contributed by atoms with Crippen LogP contribution >= 0.6 is 11.3 Å². The maximum Gasteiger partial charge on any atom is 0.0418 e. The Balaban J connectivity index is 1.97. The lowest BCUT2D eigenvalue weighted by Crippen LogP contribution is -2.18. The predicted molar refractivity (Wildman–Crippen MR) is 62.4 cm³/mol. The van der Waals surface area contributed by atoms with Crippen LogP contribution in [-0.2, 0) is 0 Å². The minimum absolute atomic E-state index is 0.298. The van der Waals surface area contributed by atoms with E-state index in [1.807, 2.05) is 0 Å². The Bertz CT molecular complexity index is 268. The third-order valence-corrected chi connectivity index (χ3v) is 4.51. The highest BCUT2D eigenvalue weighted by molar-refractivity contribution is 7.10. The molecule has 0 spiro atoms. The number of hydrogen-bond acceptors (Lipinski definition) is 2. The molecule has 1 saturated carbocycles. The van der Waals surface area contributed by atoms with Gasteiger partial charge in [-0.05, 0) is 36.1 Å². The van der Waals surface area contributed by atoms with Crippen LogP contribution in [-0.4, -0.2) is 0 Å². The fourth-order valence-corrected chi connectivity index (χ4v) is 3.34. The zero-order valence-electron chi connectivity index (χ0n) is 8.78. The van der Waals surface area contributed by atoms with E-state index in [0.717, 1.165) is 11.8 Å². The molecule has 1 aromatic heterocycles. The fraction of sp³-hybridized carbons (Fsp3) is 0.667. The van der Waals surface area contributed by atoms with Crippen molar-refractivity contribution in [1.29, 1.82) is 0 Å². The lowest BCUT2D eigenvalue weighted by molar-refractivity contribution is 0.420. The minimum atomic E-state index is 0.298. The fourth-order valence-electron chi connectivity index (χ4n) is 2.52. The number of nitrogens with two attached hydrogens (primary N) is 1. The summed E-state index contributed by atoms with van der Waals surface area (Å²) in [5.41, 5.74) is 6.27. The molecule has 78 valence electrons. The van der Waals surface area contributed by atoms with E-state index in [2.05, 4.69) is 24.4 Å². The SMILES string of the molecule is CCC1CCC(C(N)c2cccs2)C1. The van der Waals surface area contributed by atoms with Crippen LogP contribution in [0.4, 0.5) is 0 Å². The van der Waals surface area contributed by atoms with Gasteiger partial charge >= 0.3 is 0 Å². The largest absolute Gasteiger partial charge is 0.323 e. The molecule has 2 heteroatoms. The van der Waals surface area contributed by atoms with Crippen molar-refractivity contribution in [3.63, 3.8) is 0 Å². The van der Waals surface area contributed by atoms with E-state index < -0.39 is 0 Å². The molecule has 0 saturated heterocycles. The van der Waals surface area contributed by atoms with E-state index in [0.29, 0.717) is 6.04 Å². The van der Waals surface area contributed by atoms with E-state index in [1.165, 1.54) is 30.6 Å². The Labute approximate surface area is 90.3 Å². The smallest absolute Gasteiger partial charge is 0.0418 e. The number of thiophene rings is 1. The minimum Gasteiger partial charge on any atom is -0.323 e.